The molecule has 3 heterocycles. The number of rotatable bonds is 3. The van der Waals surface area contributed by atoms with Gasteiger partial charge in [-0.15, -0.1) is 11.3 Å². The van der Waals surface area contributed by atoms with Crippen LogP contribution >= 0.6 is 11.3 Å². The Morgan fingerprint density at radius 3 is 2.74 bits per heavy atom. The van der Waals surface area contributed by atoms with Crippen molar-refractivity contribution in [2.75, 3.05) is 31.1 Å². The predicted octanol–water partition coefficient (Wildman–Crippen LogP) is 1.52. The first-order valence-electron chi connectivity index (χ1n) is 9.55. The van der Waals surface area contributed by atoms with Gasteiger partial charge in [-0.1, -0.05) is 0 Å². The van der Waals surface area contributed by atoms with Crippen LogP contribution in [-0.2, 0) is 19.4 Å². The van der Waals surface area contributed by atoms with Crippen molar-refractivity contribution in [3.8, 4) is 0 Å². The zero-order valence-electron chi connectivity index (χ0n) is 15.1. The largest absolute Gasteiger partial charge is 0.360 e. The molecule has 140 valence electrons. The van der Waals surface area contributed by atoms with Crippen LogP contribution in [0.3, 0.4) is 0 Å². The zero-order chi connectivity index (χ0) is 18.4. The number of fused-ring (bicyclic) bond motifs is 3. The van der Waals surface area contributed by atoms with Gasteiger partial charge in [0.25, 0.3) is 5.56 Å². The number of H-pyrrole nitrogens is 1. The van der Waals surface area contributed by atoms with E-state index in [9.17, 15) is 9.18 Å². The zero-order valence-corrected chi connectivity index (χ0v) is 15.9. The van der Waals surface area contributed by atoms with Gasteiger partial charge in [0.1, 0.15) is 17.2 Å². The third kappa shape index (κ3) is 3.15. The molecule has 0 spiro atoms. The smallest absolute Gasteiger partial charge is 0.260 e. The van der Waals surface area contributed by atoms with E-state index in [0.29, 0.717) is 0 Å². The Bertz CT molecular complexity index is 1030. The van der Waals surface area contributed by atoms with Gasteiger partial charge >= 0.3 is 0 Å². The Kier molecular flexibility index (Phi) is 4.21. The van der Waals surface area contributed by atoms with Crippen LogP contribution in [0.25, 0.3) is 10.2 Å². The van der Waals surface area contributed by atoms with Crippen molar-refractivity contribution in [3.63, 3.8) is 0 Å². The number of nitrogens with one attached hydrogen (secondary N) is 2. The summed E-state index contributed by atoms with van der Waals surface area (Å²) in [5, 5.41) is 0.826. The maximum absolute atomic E-state index is 13.1. The fraction of sp³-hybridized carbons (Fsp3) is 0.400. The number of aryl methyl sites for hydroxylation is 2. The number of thiophene rings is 1. The first kappa shape index (κ1) is 16.9. The average Bonchev–Trinajstić information content (AvgIpc) is 3.24. The van der Waals surface area contributed by atoms with E-state index in [-0.39, 0.29) is 11.4 Å². The second-order valence-corrected chi connectivity index (χ2v) is 8.52. The van der Waals surface area contributed by atoms with Crippen molar-refractivity contribution in [1.82, 2.24) is 9.97 Å². The summed E-state index contributed by atoms with van der Waals surface area (Å²) in [7, 11) is 0. The summed E-state index contributed by atoms with van der Waals surface area (Å²) in [5.41, 5.74) is 2.32. The first-order chi connectivity index (χ1) is 13.2. The van der Waals surface area contributed by atoms with Gasteiger partial charge in [-0.2, -0.15) is 0 Å². The molecule has 1 aliphatic heterocycles. The molecule has 5 rings (SSSR count). The molecule has 2 aromatic heterocycles. The van der Waals surface area contributed by atoms with E-state index < -0.39 is 0 Å². The summed E-state index contributed by atoms with van der Waals surface area (Å²) in [5.74, 6) is 0.589. The number of aromatic nitrogens is 2. The Balaban J connectivity index is 1.29. The van der Waals surface area contributed by atoms with Crippen molar-refractivity contribution in [3.05, 3.63) is 56.7 Å². The van der Waals surface area contributed by atoms with E-state index in [1.54, 1.807) is 11.3 Å². The van der Waals surface area contributed by atoms with Crippen LogP contribution in [0.15, 0.2) is 29.1 Å². The third-order valence-corrected chi connectivity index (χ3v) is 6.89. The summed E-state index contributed by atoms with van der Waals surface area (Å²) in [6.45, 7) is 4.52. The van der Waals surface area contributed by atoms with Gasteiger partial charge in [-0.05, 0) is 49.1 Å². The molecule has 0 atom stereocenters. The Morgan fingerprint density at radius 2 is 1.96 bits per heavy atom. The maximum Gasteiger partial charge on any atom is 0.260 e. The summed E-state index contributed by atoms with van der Waals surface area (Å²) >= 11 is 1.70. The van der Waals surface area contributed by atoms with Crippen LogP contribution in [0.5, 0.6) is 0 Å². The highest BCUT2D eigenvalue weighted by atomic mass is 32.1. The van der Waals surface area contributed by atoms with E-state index in [4.69, 9.17) is 4.98 Å². The molecular weight excluding hydrogens is 363 g/mol. The van der Waals surface area contributed by atoms with Crippen LogP contribution in [0.2, 0.25) is 0 Å². The van der Waals surface area contributed by atoms with Crippen molar-refractivity contribution in [1.29, 1.82) is 0 Å². The summed E-state index contributed by atoms with van der Waals surface area (Å²) in [4.78, 5) is 26.3. The van der Waals surface area contributed by atoms with Crippen molar-refractivity contribution in [2.24, 2.45) is 0 Å². The molecule has 1 saturated heterocycles. The van der Waals surface area contributed by atoms with Gasteiger partial charge in [0.2, 0.25) is 0 Å². The number of hydrogen-bond acceptors (Lipinski definition) is 4. The summed E-state index contributed by atoms with van der Waals surface area (Å²) in [6.07, 6.45) is 3.25. The molecule has 7 heteroatoms. The molecular formula is C20H22FN4OS+. The maximum atomic E-state index is 13.1. The molecule has 1 aliphatic carbocycles. The lowest BCUT2D eigenvalue weighted by atomic mass is 10.2. The number of benzene rings is 1. The average molecular weight is 385 g/mol. The van der Waals surface area contributed by atoms with Gasteiger partial charge in [0.15, 0.2) is 5.82 Å². The molecule has 1 aromatic carbocycles. The topological polar surface area (TPSA) is 53.4 Å². The highest BCUT2D eigenvalue weighted by Gasteiger charge is 2.24. The highest BCUT2D eigenvalue weighted by molar-refractivity contribution is 7.18. The molecule has 5 nitrogen and oxygen atoms in total. The summed E-state index contributed by atoms with van der Waals surface area (Å²) < 4.78 is 13.1. The second kappa shape index (κ2) is 6.73. The van der Waals surface area contributed by atoms with Gasteiger partial charge in [0.05, 0.1) is 31.6 Å². The van der Waals surface area contributed by atoms with Crippen LogP contribution in [0.1, 0.15) is 22.7 Å². The van der Waals surface area contributed by atoms with Crippen LogP contribution in [0.4, 0.5) is 10.1 Å². The van der Waals surface area contributed by atoms with Crippen LogP contribution in [0, 0.1) is 5.82 Å². The van der Waals surface area contributed by atoms with Gasteiger partial charge < -0.3 is 14.8 Å². The summed E-state index contributed by atoms with van der Waals surface area (Å²) in [6, 6.07) is 6.69. The minimum atomic E-state index is -0.201. The minimum Gasteiger partial charge on any atom is -0.360 e. The lowest BCUT2D eigenvalue weighted by molar-refractivity contribution is -0.915. The van der Waals surface area contributed by atoms with Crippen LogP contribution < -0.4 is 15.4 Å². The van der Waals surface area contributed by atoms with Gasteiger partial charge in [-0.3, -0.25) is 4.79 Å². The second-order valence-electron chi connectivity index (χ2n) is 7.44. The Hall–Kier alpha value is -2.25. The van der Waals surface area contributed by atoms with E-state index in [0.717, 1.165) is 73.7 Å². The molecule has 0 bridgehead atoms. The first-order valence-corrected chi connectivity index (χ1v) is 10.4. The Labute approximate surface area is 160 Å². The molecule has 3 aromatic rings. The number of halogens is 1. The highest BCUT2D eigenvalue weighted by Crippen LogP contribution is 2.34. The van der Waals surface area contributed by atoms with Crippen molar-refractivity contribution < 1.29 is 9.29 Å². The number of quaternary nitrogens is 1. The fourth-order valence-corrected chi connectivity index (χ4v) is 5.56. The minimum absolute atomic E-state index is 0.0266. The number of nitrogens with zero attached hydrogens (tertiary/aromatic N) is 2. The van der Waals surface area contributed by atoms with Gasteiger partial charge in [0, 0.05) is 10.6 Å². The fourth-order valence-electron chi connectivity index (χ4n) is 4.28. The lowest BCUT2D eigenvalue weighted by Crippen LogP contribution is -3.13. The monoisotopic (exact) mass is 385 g/mol. The van der Waals surface area contributed by atoms with E-state index in [2.05, 4.69) is 9.88 Å². The SMILES string of the molecule is O=c1[nH]c(C[NH+]2CCN(c3ccc(F)cc3)CC2)nc2sc3c(c12)CCC3. The van der Waals surface area contributed by atoms with Crippen LogP contribution in [-0.4, -0.2) is 36.1 Å². The number of anilines is 1. The van der Waals surface area contributed by atoms with E-state index in [1.165, 1.54) is 27.5 Å². The predicted molar refractivity (Wildman–Crippen MR) is 105 cm³/mol. The van der Waals surface area contributed by atoms with Gasteiger partial charge in [-0.25, -0.2) is 9.37 Å². The van der Waals surface area contributed by atoms with Crippen molar-refractivity contribution >= 4 is 27.2 Å². The molecule has 1 fully saturated rings. The number of aromatic amines is 1. The number of piperazine rings is 1. The molecule has 27 heavy (non-hydrogen) atoms. The standard InChI is InChI=1S/C20H21FN4OS/c21-13-4-6-14(7-5-13)25-10-8-24(9-11-25)12-17-22-19(26)18-15-2-1-3-16(15)27-20(18)23-17/h4-7H,1-3,8-12H2,(H,22,23,26)/p+1. The molecule has 2 N–H and O–H groups in total. The molecule has 0 radical (unpaired) electrons. The molecule has 0 unspecified atom stereocenters. The van der Waals surface area contributed by atoms with E-state index in [1.807, 2.05) is 12.1 Å². The Morgan fingerprint density at radius 1 is 1.19 bits per heavy atom. The lowest BCUT2D eigenvalue weighted by Gasteiger charge is -2.33. The number of hydrogen-bond donors (Lipinski definition) is 2. The van der Waals surface area contributed by atoms with E-state index >= 15 is 0 Å². The quantitative estimate of drug-likeness (QED) is 0.719. The third-order valence-electron chi connectivity index (χ3n) is 5.70. The molecule has 2 aliphatic rings. The molecule has 0 saturated carbocycles. The van der Waals surface area contributed by atoms with Crippen molar-refractivity contribution in [2.45, 2.75) is 25.8 Å². The molecule has 0 amide bonds. The normalized spacial score (nSPS) is 17.6.